The second kappa shape index (κ2) is 3.92. The molecule has 1 fully saturated rings. The van der Waals surface area contributed by atoms with Crippen LogP contribution in [0.4, 0.5) is 0 Å². The van der Waals surface area contributed by atoms with Crippen molar-refractivity contribution in [1.82, 2.24) is 0 Å². The third-order valence-electron chi connectivity index (χ3n) is 2.73. The summed E-state index contributed by atoms with van der Waals surface area (Å²) in [7, 11) is 1.35. The smallest absolute Gasteiger partial charge is 0.311 e. The normalized spacial score (nSPS) is 33.0. The van der Waals surface area contributed by atoms with E-state index in [-0.39, 0.29) is 11.9 Å². The van der Waals surface area contributed by atoms with Gasteiger partial charge < -0.3 is 9.84 Å². The number of methoxy groups -OCH3 is 1. The van der Waals surface area contributed by atoms with Gasteiger partial charge in [-0.05, 0) is 25.7 Å². The van der Waals surface area contributed by atoms with Gasteiger partial charge in [-0.25, -0.2) is 0 Å². The maximum absolute atomic E-state index is 11.3. The van der Waals surface area contributed by atoms with Crippen LogP contribution in [0.3, 0.4) is 0 Å². The molecule has 0 aliphatic heterocycles. The molecule has 3 nitrogen and oxygen atoms in total. The van der Waals surface area contributed by atoms with Crippen LogP contribution >= 0.6 is 0 Å². The minimum absolute atomic E-state index is 0.0856. The zero-order valence-corrected chi connectivity index (χ0v) is 8.12. The van der Waals surface area contributed by atoms with Gasteiger partial charge in [0, 0.05) is 0 Å². The lowest BCUT2D eigenvalue weighted by Crippen LogP contribution is -2.29. The van der Waals surface area contributed by atoms with Crippen molar-refractivity contribution in [3.05, 3.63) is 12.2 Å². The summed E-state index contributed by atoms with van der Waals surface area (Å²) in [5.74, 6) is -0.636. The van der Waals surface area contributed by atoms with Crippen LogP contribution in [0.1, 0.15) is 19.8 Å². The van der Waals surface area contributed by atoms with E-state index in [2.05, 4.69) is 11.3 Å². The summed E-state index contributed by atoms with van der Waals surface area (Å²) in [5.41, 5.74) is 0.951. The topological polar surface area (TPSA) is 46.5 Å². The predicted molar refractivity (Wildman–Crippen MR) is 49.1 cm³/mol. The van der Waals surface area contributed by atoms with Gasteiger partial charge in [0.15, 0.2) is 0 Å². The number of ether oxygens (including phenoxy) is 1. The van der Waals surface area contributed by atoms with Crippen LogP contribution in [0.2, 0.25) is 0 Å². The second-order valence-electron chi connectivity index (χ2n) is 3.65. The van der Waals surface area contributed by atoms with Gasteiger partial charge >= 0.3 is 5.97 Å². The van der Waals surface area contributed by atoms with Gasteiger partial charge in [0.1, 0.15) is 0 Å². The Balaban J connectivity index is 2.76. The Bertz CT molecular complexity index is 222. The van der Waals surface area contributed by atoms with Gasteiger partial charge in [0.05, 0.1) is 19.1 Å². The average Bonchev–Trinajstić information content (AvgIpc) is 2.46. The zero-order chi connectivity index (χ0) is 10.0. The van der Waals surface area contributed by atoms with E-state index in [1.807, 2.05) is 6.92 Å². The lowest BCUT2D eigenvalue weighted by atomic mass is 9.89. The Morgan fingerprint density at radius 3 is 2.62 bits per heavy atom. The Morgan fingerprint density at radius 2 is 2.15 bits per heavy atom. The maximum Gasteiger partial charge on any atom is 0.311 e. The van der Waals surface area contributed by atoms with E-state index in [0.29, 0.717) is 6.42 Å². The number of hydrogen-bond donors (Lipinski definition) is 1. The maximum atomic E-state index is 11.3. The summed E-state index contributed by atoms with van der Waals surface area (Å²) in [6, 6.07) is 0. The molecular weight excluding hydrogens is 168 g/mol. The first-order valence-corrected chi connectivity index (χ1v) is 4.49. The number of hydrogen-bond acceptors (Lipinski definition) is 3. The van der Waals surface area contributed by atoms with Gasteiger partial charge in [-0.15, -0.1) is 0 Å². The third-order valence-corrected chi connectivity index (χ3v) is 2.73. The molecule has 0 heterocycles. The molecule has 3 atom stereocenters. The lowest BCUT2D eigenvalue weighted by molar-refractivity contribution is -0.149. The molecule has 1 saturated carbocycles. The molecule has 0 saturated heterocycles. The molecule has 0 unspecified atom stereocenters. The molecule has 0 amide bonds. The molecule has 1 aliphatic rings. The number of aliphatic hydroxyl groups excluding tert-OH is 1. The Labute approximate surface area is 78.4 Å². The molecule has 74 valence electrons. The van der Waals surface area contributed by atoms with Crippen molar-refractivity contribution in [3.63, 3.8) is 0 Å². The van der Waals surface area contributed by atoms with Crippen molar-refractivity contribution in [3.8, 4) is 0 Å². The summed E-state index contributed by atoms with van der Waals surface area (Å²) < 4.78 is 4.64. The summed E-state index contributed by atoms with van der Waals surface area (Å²) in [6.45, 7) is 5.71. The highest BCUT2D eigenvalue weighted by Crippen LogP contribution is 2.36. The van der Waals surface area contributed by atoms with Crippen molar-refractivity contribution in [1.29, 1.82) is 0 Å². The molecule has 0 aromatic carbocycles. The fourth-order valence-corrected chi connectivity index (χ4v) is 1.99. The van der Waals surface area contributed by atoms with Crippen LogP contribution in [-0.4, -0.2) is 24.3 Å². The molecule has 3 heteroatoms. The van der Waals surface area contributed by atoms with Crippen molar-refractivity contribution >= 4 is 5.97 Å². The quantitative estimate of drug-likeness (QED) is 0.516. The van der Waals surface area contributed by atoms with E-state index < -0.39 is 12.0 Å². The van der Waals surface area contributed by atoms with Crippen LogP contribution in [-0.2, 0) is 9.53 Å². The van der Waals surface area contributed by atoms with Gasteiger partial charge in [-0.2, -0.15) is 0 Å². The van der Waals surface area contributed by atoms with Crippen LogP contribution in [0.15, 0.2) is 12.2 Å². The largest absolute Gasteiger partial charge is 0.469 e. The lowest BCUT2D eigenvalue weighted by Gasteiger charge is -2.19. The molecule has 1 N–H and O–H groups in total. The van der Waals surface area contributed by atoms with Gasteiger partial charge in [-0.3, -0.25) is 4.79 Å². The number of carbonyl (C=O) groups excluding carboxylic acids is 1. The molecule has 1 aliphatic carbocycles. The zero-order valence-electron chi connectivity index (χ0n) is 8.12. The number of aliphatic hydroxyl groups is 1. The van der Waals surface area contributed by atoms with E-state index in [4.69, 9.17) is 0 Å². The van der Waals surface area contributed by atoms with Crippen molar-refractivity contribution in [2.24, 2.45) is 11.8 Å². The fourth-order valence-electron chi connectivity index (χ4n) is 1.99. The second-order valence-corrected chi connectivity index (χ2v) is 3.65. The van der Waals surface area contributed by atoms with Crippen molar-refractivity contribution in [2.75, 3.05) is 7.11 Å². The van der Waals surface area contributed by atoms with Gasteiger partial charge in [0.25, 0.3) is 0 Å². The molecular formula is C10H16O3. The monoisotopic (exact) mass is 184 g/mol. The molecule has 0 radical (unpaired) electrons. The van der Waals surface area contributed by atoms with Crippen LogP contribution in [0.25, 0.3) is 0 Å². The number of allylic oxidation sites excluding steroid dienone is 1. The number of carbonyl (C=O) groups is 1. The minimum atomic E-state index is -0.561. The molecule has 13 heavy (non-hydrogen) atoms. The first-order valence-electron chi connectivity index (χ1n) is 4.49. The van der Waals surface area contributed by atoms with Crippen LogP contribution in [0, 0.1) is 11.8 Å². The first kappa shape index (κ1) is 10.3. The summed E-state index contributed by atoms with van der Waals surface area (Å²) in [4.78, 5) is 11.3. The van der Waals surface area contributed by atoms with Gasteiger partial charge in [-0.1, -0.05) is 12.2 Å². The Hall–Kier alpha value is -0.830. The van der Waals surface area contributed by atoms with E-state index in [9.17, 15) is 9.90 Å². The van der Waals surface area contributed by atoms with Crippen molar-refractivity contribution in [2.45, 2.75) is 25.9 Å². The van der Waals surface area contributed by atoms with Gasteiger partial charge in [0.2, 0.25) is 0 Å². The third kappa shape index (κ3) is 1.91. The number of esters is 1. The number of rotatable bonds is 2. The highest BCUT2D eigenvalue weighted by atomic mass is 16.5. The highest BCUT2D eigenvalue weighted by Gasteiger charge is 2.41. The minimum Gasteiger partial charge on any atom is -0.469 e. The average molecular weight is 184 g/mol. The summed E-state index contributed by atoms with van der Waals surface area (Å²) >= 11 is 0. The van der Waals surface area contributed by atoms with E-state index in [0.717, 1.165) is 12.0 Å². The van der Waals surface area contributed by atoms with Crippen LogP contribution in [0.5, 0.6) is 0 Å². The molecule has 0 bridgehead atoms. The molecule has 1 rings (SSSR count). The van der Waals surface area contributed by atoms with Crippen LogP contribution < -0.4 is 0 Å². The SMILES string of the molecule is C=C(C)[C@@H]1CC[C@@H](O)[C@H]1C(=O)OC. The summed E-state index contributed by atoms with van der Waals surface area (Å²) in [6.07, 6.45) is 0.933. The highest BCUT2D eigenvalue weighted by molar-refractivity contribution is 5.74. The molecule has 0 aromatic heterocycles. The Morgan fingerprint density at radius 1 is 1.54 bits per heavy atom. The fraction of sp³-hybridized carbons (Fsp3) is 0.700. The standard InChI is InChI=1S/C10H16O3/c1-6(2)7-4-5-8(11)9(7)10(12)13-3/h7-9,11H,1,4-5H2,2-3H3/t7-,8+,9-/m0/s1. The molecule has 0 spiro atoms. The van der Waals surface area contributed by atoms with E-state index in [1.54, 1.807) is 0 Å². The Kier molecular flexibility index (Phi) is 3.09. The van der Waals surface area contributed by atoms with E-state index >= 15 is 0 Å². The molecule has 0 aromatic rings. The van der Waals surface area contributed by atoms with Crippen molar-refractivity contribution < 1.29 is 14.6 Å². The predicted octanol–water partition coefficient (Wildman–Crippen LogP) is 1.12. The summed E-state index contributed by atoms with van der Waals surface area (Å²) in [5, 5.41) is 9.57. The van der Waals surface area contributed by atoms with E-state index in [1.165, 1.54) is 7.11 Å². The first-order chi connectivity index (χ1) is 6.07.